The zero-order chi connectivity index (χ0) is 36.3. The molecule has 0 unspecified atom stereocenters. The molecular weight excluding hydrogens is 663 g/mol. The smallest absolute Gasteiger partial charge is 0.0540 e. The molecule has 0 atom stereocenters. The molecule has 256 valence electrons. The molecule has 1 nitrogen and oxygen atoms in total. The van der Waals surface area contributed by atoms with Crippen molar-refractivity contribution in [3.8, 4) is 22.3 Å². The van der Waals surface area contributed by atoms with Gasteiger partial charge in [-0.1, -0.05) is 188 Å². The van der Waals surface area contributed by atoms with Crippen LogP contribution in [0.5, 0.6) is 0 Å². The lowest BCUT2D eigenvalue weighted by molar-refractivity contribution is 1.30. The molecular formula is C54H35N. The molecule has 0 saturated carbocycles. The first-order valence-electron chi connectivity index (χ1n) is 19.0. The Balaban J connectivity index is 1.18. The molecule has 0 aliphatic rings. The lowest BCUT2D eigenvalue weighted by Crippen LogP contribution is -2.12. The predicted molar refractivity (Wildman–Crippen MR) is 237 cm³/mol. The summed E-state index contributed by atoms with van der Waals surface area (Å²) in [5.41, 5.74) is 8.23. The summed E-state index contributed by atoms with van der Waals surface area (Å²) in [5.74, 6) is 0. The van der Waals surface area contributed by atoms with E-state index in [1.165, 1.54) is 86.9 Å². The molecule has 0 spiro atoms. The van der Waals surface area contributed by atoms with Gasteiger partial charge < -0.3 is 4.90 Å². The number of benzene rings is 11. The molecule has 0 aliphatic heterocycles. The zero-order valence-electron chi connectivity index (χ0n) is 30.2. The van der Waals surface area contributed by atoms with Crippen molar-refractivity contribution in [2.45, 2.75) is 0 Å². The molecule has 0 aromatic heterocycles. The second-order valence-electron chi connectivity index (χ2n) is 14.4. The Hall–Kier alpha value is -7.22. The van der Waals surface area contributed by atoms with E-state index in [1.807, 2.05) is 0 Å². The fraction of sp³-hybridized carbons (Fsp3) is 0. The molecule has 0 amide bonds. The van der Waals surface area contributed by atoms with Crippen LogP contribution in [0.3, 0.4) is 0 Å². The van der Waals surface area contributed by atoms with E-state index in [0.717, 1.165) is 17.1 Å². The van der Waals surface area contributed by atoms with Gasteiger partial charge in [0.15, 0.2) is 0 Å². The minimum atomic E-state index is 1.12. The van der Waals surface area contributed by atoms with E-state index in [4.69, 9.17) is 0 Å². The Labute approximate surface area is 320 Å². The first-order chi connectivity index (χ1) is 27.3. The number of para-hydroxylation sites is 1. The Morgan fingerprint density at radius 2 is 0.800 bits per heavy atom. The van der Waals surface area contributed by atoms with E-state index in [9.17, 15) is 0 Å². The summed E-state index contributed by atoms with van der Waals surface area (Å²) in [6, 6.07) is 77.9. The van der Waals surface area contributed by atoms with Crippen molar-refractivity contribution in [1.29, 1.82) is 0 Å². The highest BCUT2D eigenvalue weighted by Gasteiger charge is 2.21. The van der Waals surface area contributed by atoms with Crippen LogP contribution in [0.2, 0.25) is 0 Å². The number of anilines is 3. The molecule has 0 bridgehead atoms. The first-order valence-corrected chi connectivity index (χ1v) is 19.0. The van der Waals surface area contributed by atoms with Gasteiger partial charge in [0, 0.05) is 16.6 Å². The van der Waals surface area contributed by atoms with Gasteiger partial charge in [0.05, 0.1) is 11.4 Å². The van der Waals surface area contributed by atoms with Crippen LogP contribution in [-0.4, -0.2) is 0 Å². The normalized spacial score (nSPS) is 11.6. The van der Waals surface area contributed by atoms with Crippen molar-refractivity contribution < 1.29 is 0 Å². The second-order valence-corrected chi connectivity index (χ2v) is 14.4. The maximum atomic E-state index is 2.47. The largest absolute Gasteiger partial charge is 0.309 e. The number of hydrogen-bond acceptors (Lipinski definition) is 1. The summed E-state index contributed by atoms with van der Waals surface area (Å²) in [7, 11) is 0. The number of nitrogens with zero attached hydrogens (tertiary/aromatic N) is 1. The quantitative estimate of drug-likeness (QED) is 0.162. The van der Waals surface area contributed by atoms with E-state index in [2.05, 4.69) is 217 Å². The molecule has 0 heterocycles. The van der Waals surface area contributed by atoms with Crippen LogP contribution in [0.1, 0.15) is 0 Å². The molecule has 55 heavy (non-hydrogen) atoms. The minimum Gasteiger partial charge on any atom is -0.309 e. The van der Waals surface area contributed by atoms with Gasteiger partial charge >= 0.3 is 0 Å². The highest BCUT2D eigenvalue weighted by atomic mass is 15.1. The van der Waals surface area contributed by atoms with E-state index in [1.54, 1.807) is 0 Å². The molecule has 11 rings (SSSR count). The Morgan fingerprint density at radius 3 is 1.64 bits per heavy atom. The van der Waals surface area contributed by atoms with Crippen molar-refractivity contribution in [1.82, 2.24) is 0 Å². The third kappa shape index (κ3) is 5.09. The fourth-order valence-electron chi connectivity index (χ4n) is 8.88. The molecule has 0 saturated heterocycles. The van der Waals surface area contributed by atoms with Gasteiger partial charge in [0.1, 0.15) is 0 Å². The average Bonchev–Trinajstić information content (AvgIpc) is 3.26. The van der Waals surface area contributed by atoms with Crippen LogP contribution in [0.4, 0.5) is 17.1 Å². The molecule has 0 radical (unpaired) electrons. The third-order valence-corrected chi connectivity index (χ3v) is 11.4. The SMILES string of the molecule is c1ccc(-c2ccccc2N(c2ccc3ccc4ccccc4c3c2)c2ccc(-c3cccc4c3ccc3ccc5ccccc5c34)c3ccccc23)cc1. The van der Waals surface area contributed by atoms with Crippen molar-refractivity contribution in [3.05, 3.63) is 212 Å². The van der Waals surface area contributed by atoms with Gasteiger partial charge in [0.2, 0.25) is 0 Å². The lowest BCUT2D eigenvalue weighted by Gasteiger charge is -2.30. The topological polar surface area (TPSA) is 3.24 Å². The lowest BCUT2D eigenvalue weighted by atomic mass is 9.90. The van der Waals surface area contributed by atoms with Crippen LogP contribution in [0.15, 0.2) is 212 Å². The predicted octanol–water partition coefficient (Wildman–Crippen LogP) is 15.4. The molecule has 11 aromatic rings. The maximum absolute atomic E-state index is 2.47. The second kappa shape index (κ2) is 12.7. The van der Waals surface area contributed by atoms with Crippen molar-refractivity contribution >= 4 is 81.7 Å². The van der Waals surface area contributed by atoms with Crippen LogP contribution >= 0.6 is 0 Å². The molecule has 0 aliphatic carbocycles. The van der Waals surface area contributed by atoms with Crippen molar-refractivity contribution in [2.75, 3.05) is 4.90 Å². The first kappa shape index (κ1) is 31.3. The van der Waals surface area contributed by atoms with E-state index >= 15 is 0 Å². The van der Waals surface area contributed by atoms with Gasteiger partial charge in [0.25, 0.3) is 0 Å². The van der Waals surface area contributed by atoms with Gasteiger partial charge in [-0.2, -0.15) is 0 Å². The van der Waals surface area contributed by atoms with Crippen LogP contribution < -0.4 is 4.90 Å². The monoisotopic (exact) mass is 697 g/mol. The molecule has 0 N–H and O–H groups in total. The summed E-state index contributed by atoms with van der Waals surface area (Å²) < 4.78 is 0. The highest BCUT2D eigenvalue weighted by molar-refractivity contribution is 6.23. The fourth-order valence-corrected chi connectivity index (χ4v) is 8.88. The van der Waals surface area contributed by atoms with E-state index in [0.29, 0.717) is 0 Å². The van der Waals surface area contributed by atoms with Crippen molar-refractivity contribution in [3.63, 3.8) is 0 Å². The highest BCUT2D eigenvalue weighted by Crippen LogP contribution is 2.47. The summed E-state index contributed by atoms with van der Waals surface area (Å²) in [4.78, 5) is 2.47. The Bertz CT molecular complexity index is 3270. The average molecular weight is 698 g/mol. The summed E-state index contributed by atoms with van der Waals surface area (Å²) in [6.45, 7) is 0. The van der Waals surface area contributed by atoms with Gasteiger partial charge in [-0.15, -0.1) is 0 Å². The van der Waals surface area contributed by atoms with Gasteiger partial charge in [-0.05, 0) is 100 Å². The number of rotatable bonds is 5. The van der Waals surface area contributed by atoms with Gasteiger partial charge in [-0.25, -0.2) is 0 Å². The zero-order valence-corrected chi connectivity index (χ0v) is 30.2. The summed E-state index contributed by atoms with van der Waals surface area (Å²) in [5, 5.41) is 15.1. The van der Waals surface area contributed by atoms with Crippen LogP contribution in [-0.2, 0) is 0 Å². The number of fused-ring (bicyclic) bond motifs is 9. The minimum absolute atomic E-state index is 1.12. The van der Waals surface area contributed by atoms with Crippen LogP contribution in [0.25, 0.3) is 86.9 Å². The number of hydrogen-bond donors (Lipinski definition) is 0. The molecule has 0 fully saturated rings. The Kier molecular flexibility index (Phi) is 7.25. The van der Waals surface area contributed by atoms with Crippen molar-refractivity contribution in [2.24, 2.45) is 0 Å². The maximum Gasteiger partial charge on any atom is 0.0540 e. The van der Waals surface area contributed by atoms with Crippen LogP contribution in [0, 0.1) is 0 Å². The van der Waals surface area contributed by atoms with E-state index in [-0.39, 0.29) is 0 Å². The summed E-state index contributed by atoms with van der Waals surface area (Å²) in [6.07, 6.45) is 0. The third-order valence-electron chi connectivity index (χ3n) is 11.4. The molecule has 1 heteroatoms. The van der Waals surface area contributed by atoms with Gasteiger partial charge in [-0.3, -0.25) is 0 Å². The standard InChI is InChI=1S/C54H35N/c1-2-13-36(14-3-1)43-18-10-11-24-52(43)55(41-31-29-39-26-25-37-15-4-6-17-42(37)51(39)35-41)53-34-33-47(46-20-8-9-21-49(46)53)45-22-12-23-50-48(45)32-30-40-28-27-38-16-5-7-19-44(38)54(40)50/h1-35H. The van der Waals surface area contributed by atoms with E-state index < -0.39 is 0 Å². The summed E-state index contributed by atoms with van der Waals surface area (Å²) >= 11 is 0. The molecule has 11 aromatic carbocycles. The Morgan fingerprint density at radius 1 is 0.255 bits per heavy atom.